The first-order valence-corrected chi connectivity index (χ1v) is 8.57. The van der Waals surface area contributed by atoms with Crippen molar-refractivity contribution < 1.29 is 0 Å². The molecule has 2 nitrogen and oxygen atoms in total. The highest BCUT2D eigenvalue weighted by atomic mass is 32.1. The molecule has 1 aliphatic heterocycles. The van der Waals surface area contributed by atoms with Crippen LogP contribution in [0.1, 0.15) is 12.5 Å². The molecule has 0 amide bonds. The molecular weight excluding hydrogens is 300 g/mol. The first-order chi connectivity index (χ1) is 11.3. The van der Waals surface area contributed by atoms with Crippen molar-refractivity contribution >= 4 is 27.2 Å². The Labute approximate surface area is 139 Å². The number of fused-ring (bicyclic) bond motifs is 2. The zero-order chi connectivity index (χ0) is 15.6. The molecule has 0 radical (unpaired) electrons. The molecule has 2 aliphatic rings. The molecule has 0 fully saturated rings. The molecular formula is C20H16N2S. The van der Waals surface area contributed by atoms with E-state index in [1.54, 1.807) is 11.3 Å². The monoisotopic (exact) mass is 316 g/mol. The fourth-order valence-electron chi connectivity index (χ4n) is 2.69. The summed E-state index contributed by atoms with van der Waals surface area (Å²) in [6.45, 7) is 2.16. The van der Waals surface area contributed by atoms with Crippen molar-refractivity contribution in [1.29, 1.82) is 0 Å². The van der Waals surface area contributed by atoms with E-state index in [1.807, 2.05) is 18.2 Å². The van der Waals surface area contributed by atoms with Gasteiger partial charge in [0.05, 0.1) is 31.8 Å². The number of hydrogen-bond donors (Lipinski definition) is 0. The first-order valence-electron chi connectivity index (χ1n) is 7.76. The van der Waals surface area contributed by atoms with Crippen LogP contribution in [0.4, 0.5) is 5.69 Å². The van der Waals surface area contributed by atoms with Gasteiger partial charge in [0.15, 0.2) is 0 Å². The molecule has 2 aromatic rings. The molecule has 112 valence electrons. The standard InChI is InChI=1S/C20H16N2S/c1-2-14-7-3-4-8-16(14)21-15-11-12-18-20(13-15)23-19-10-6-5-9-17(19)22-18/h3-13H,2H2,1H3. The second-order valence-electron chi connectivity index (χ2n) is 5.43. The molecule has 0 saturated heterocycles. The van der Waals surface area contributed by atoms with Gasteiger partial charge in [0.2, 0.25) is 0 Å². The molecule has 2 aromatic carbocycles. The molecule has 0 bridgehead atoms. The second kappa shape index (κ2) is 5.94. The summed E-state index contributed by atoms with van der Waals surface area (Å²) in [6.07, 6.45) is 0.988. The van der Waals surface area contributed by atoms with Crippen LogP contribution in [0.25, 0.3) is 20.8 Å². The quantitative estimate of drug-likeness (QED) is 0.467. The van der Waals surface area contributed by atoms with Crippen molar-refractivity contribution in [2.75, 3.05) is 0 Å². The SMILES string of the molecule is CCc1ccccc1N=c1ccc2nc3ccccc3sc-2c1. The molecule has 4 rings (SSSR count). The summed E-state index contributed by atoms with van der Waals surface area (Å²) in [6, 6.07) is 22.8. The average Bonchev–Trinajstić information content (AvgIpc) is 2.60. The van der Waals surface area contributed by atoms with Crippen LogP contribution in [0.2, 0.25) is 0 Å². The van der Waals surface area contributed by atoms with Crippen LogP contribution in [-0.2, 0) is 6.42 Å². The average molecular weight is 316 g/mol. The van der Waals surface area contributed by atoms with E-state index in [0.717, 1.165) is 28.7 Å². The van der Waals surface area contributed by atoms with E-state index in [-0.39, 0.29) is 0 Å². The maximum Gasteiger partial charge on any atom is 0.0811 e. The summed E-state index contributed by atoms with van der Waals surface area (Å²) in [5.41, 5.74) is 4.39. The third kappa shape index (κ3) is 2.76. The van der Waals surface area contributed by atoms with E-state index in [1.165, 1.54) is 15.1 Å². The molecule has 0 aromatic heterocycles. The van der Waals surface area contributed by atoms with Gasteiger partial charge in [-0.05, 0) is 48.4 Å². The number of benzene rings is 3. The van der Waals surface area contributed by atoms with E-state index in [9.17, 15) is 0 Å². The Balaban J connectivity index is 1.90. The lowest BCUT2D eigenvalue weighted by molar-refractivity contribution is 1.12. The van der Waals surface area contributed by atoms with Crippen molar-refractivity contribution in [3.05, 3.63) is 77.7 Å². The van der Waals surface area contributed by atoms with Crippen molar-refractivity contribution in [2.45, 2.75) is 13.3 Å². The van der Waals surface area contributed by atoms with Gasteiger partial charge in [0.25, 0.3) is 0 Å². The van der Waals surface area contributed by atoms with E-state index in [2.05, 4.69) is 55.5 Å². The third-order valence-electron chi connectivity index (χ3n) is 3.89. The Morgan fingerprint density at radius 1 is 0.957 bits per heavy atom. The highest BCUT2D eigenvalue weighted by Gasteiger charge is 2.06. The largest absolute Gasteiger partial charge is 0.249 e. The van der Waals surface area contributed by atoms with Gasteiger partial charge >= 0.3 is 0 Å². The Kier molecular flexibility index (Phi) is 3.64. The maximum atomic E-state index is 4.82. The van der Waals surface area contributed by atoms with Crippen LogP contribution in [0.3, 0.4) is 0 Å². The topological polar surface area (TPSA) is 25.2 Å². The first kappa shape index (κ1) is 14.1. The van der Waals surface area contributed by atoms with Crippen LogP contribution >= 0.6 is 11.3 Å². The van der Waals surface area contributed by atoms with Gasteiger partial charge in [0, 0.05) is 0 Å². The van der Waals surface area contributed by atoms with Gasteiger partial charge in [0.1, 0.15) is 0 Å². The van der Waals surface area contributed by atoms with Crippen molar-refractivity contribution in [3.8, 4) is 10.6 Å². The molecule has 1 aliphatic carbocycles. The van der Waals surface area contributed by atoms with Crippen molar-refractivity contribution in [3.63, 3.8) is 0 Å². The van der Waals surface area contributed by atoms with Crippen LogP contribution in [0.5, 0.6) is 0 Å². The van der Waals surface area contributed by atoms with Gasteiger partial charge in [-0.2, -0.15) is 0 Å². The molecule has 0 atom stereocenters. The molecule has 0 N–H and O–H groups in total. The fraction of sp³-hybridized carbons (Fsp3) is 0.100. The molecule has 1 heterocycles. The predicted octanol–water partition coefficient (Wildman–Crippen LogP) is 5.20. The Hall–Kier alpha value is -2.52. The number of aromatic nitrogens is 1. The lowest BCUT2D eigenvalue weighted by atomic mass is 10.1. The summed E-state index contributed by atoms with van der Waals surface area (Å²) >= 11 is 1.76. The zero-order valence-corrected chi connectivity index (χ0v) is 13.7. The molecule has 0 saturated carbocycles. The van der Waals surface area contributed by atoms with E-state index < -0.39 is 0 Å². The van der Waals surface area contributed by atoms with Gasteiger partial charge in [-0.3, -0.25) is 0 Å². The summed E-state index contributed by atoms with van der Waals surface area (Å²) in [7, 11) is 0. The minimum Gasteiger partial charge on any atom is -0.249 e. The Morgan fingerprint density at radius 2 is 1.78 bits per heavy atom. The number of para-hydroxylation sites is 2. The van der Waals surface area contributed by atoms with Crippen molar-refractivity contribution in [2.24, 2.45) is 4.99 Å². The molecule has 0 unspecified atom stereocenters. The lowest BCUT2D eigenvalue weighted by Gasteiger charge is -2.06. The van der Waals surface area contributed by atoms with Crippen molar-refractivity contribution in [1.82, 2.24) is 4.98 Å². The van der Waals surface area contributed by atoms with Crippen LogP contribution in [0, 0.1) is 0 Å². The number of aryl methyl sites for hydroxylation is 1. The molecule has 23 heavy (non-hydrogen) atoms. The van der Waals surface area contributed by atoms with E-state index >= 15 is 0 Å². The van der Waals surface area contributed by atoms with Crippen LogP contribution in [0.15, 0.2) is 71.7 Å². The normalized spacial score (nSPS) is 12.1. The summed E-state index contributed by atoms with van der Waals surface area (Å²) in [5, 5.41) is 0.978. The Morgan fingerprint density at radius 3 is 2.70 bits per heavy atom. The van der Waals surface area contributed by atoms with E-state index in [4.69, 9.17) is 9.98 Å². The highest BCUT2D eigenvalue weighted by Crippen LogP contribution is 2.29. The minimum atomic E-state index is 0.978. The summed E-state index contributed by atoms with van der Waals surface area (Å²) in [5.74, 6) is 0. The van der Waals surface area contributed by atoms with E-state index in [0.29, 0.717) is 0 Å². The molecule has 3 heteroatoms. The predicted molar refractivity (Wildman–Crippen MR) is 97.3 cm³/mol. The van der Waals surface area contributed by atoms with Crippen LogP contribution < -0.4 is 5.36 Å². The highest BCUT2D eigenvalue weighted by molar-refractivity contribution is 7.21. The number of rotatable bonds is 2. The van der Waals surface area contributed by atoms with Gasteiger partial charge < -0.3 is 0 Å². The number of nitrogens with zero attached hydrogens (tertiary/aromatic N) is 2. The molecule has 0 spiro atoms. The van der Waals surface area contributed by atoms with Gasteiger partial charge in [-0.15, -0.1) is 11.3 Å². The summed E-state index contributed by atoms with van der Waals surface area (Å²) in [4.78, 5) is 10.7. The zero-order valence-electron chi connectivity index (χ0n) is 12.9. The number of hydrogen-bond acceptors (Lipinski definition) is 3. The lowest BCUT2D eigenvalue weighted by Crippen LogP contribution is -2.01. The smallest absolute Gasteiger partial charge is 0.0811 e. The second-order valence-corrected chi connectivity index (χ2v) is 6.51. The summed E-state index contributed by atoms with van der Waals surface area (Å²) < 4.78 is 1.20. The van der Waals surface area contributed by atoms with Crippen LogP contribution in [-0.4, -0.2) is 4.98 Å². The van der Waals surface area contributed by atoms with Gasteiger partial charge in [-0.1, -0.05) is 37.3 Å². The third-order valence-corrected chi connectivity index (χ3v) is 5.00. The fourth-order valence-corrected chi connectivity index (χ4v) is 3.69. The Bertz CT molecular complexity index is 1020. The minimum absolute atomic E-state index is 0.978. The maximum absolute atomic E-state index is 4.82. The van der Waals surface area contributed by atoms with Gasteiger partial charge in [-0.25, -0.2) is 9.98 Å².